The van der Waals surface area contributed by atoms with E-state index in [0.29, 0.717) is 23.2 Å². The number of aromatic nitrogens is 1. The molecular weight excluding hydrogens is 354 g/mol. The number of ether oxygens (including phenoxy) is 1. The van der Waals surface area contributed by atoms with Gasteiger partial charge in [-0.05, 0) is 36.8 Å². The van der Waals surface area contributed by atoms with Crippen LogP contribution in [-0.2, 0) is 6.54 Å². The number of hydrogen-bond donors (Lipinski definition) is 2. The van der Waals surface area contributed by atoms with Crippen LogP contribution in [0, 0.1) is 0 Å². The Morgan fingerprint density at radius 3 is 2.39 bits per heavy atom. The SMILES string of the molecule is CCCCCCCCn1c(=O)c(Oc2ccccc2)c(O)c2cc(O)ccc21. The van der Waals surface area contributed by atoms with E-state index in [1.54, 1.807) is 34.9 Å². The second kappa shape index (κ2) is 9.31. The number of aromatic hydroxyl groups is 2. The van der Waals surface area contributed by atoms with E-state index < -0.39 is 0 Å². The molecule has 1 heterocycles. The lowest BCUT2D eigenvalue weighted by atomic mass is 10.1. The van der Waals surface area contributed by atoms with Gasteiger partial charge in [0.15, 0.2) is 5.75 Å². The van der Waals surface area contributed by atoms with Crippen molar-refractivity contribution in [3.8, 4) is 23.0 Å². The van der Waals surface area contributed by atoms with Gasteiger partial charge < -0.3 is 19.5 Å². The first kappa shape index (κ1) is 19.8. The highest BCUT2D eigenvalue weighted by Crippen LogP contribution is 2.35. The number of para-hydroxylation sites is 1. The van der Waals surface area contributed by atoms with E-state index in [1.807, 2.05) is 6.07 Å². The Morgan fingerprint density at radius 2 is 1.64 bits per heavy atom. The summed E-state index contributed by atoms with van der Waals surface area (Å²) in [5, 5.41) is 20.9. The smallest absolute Gasteiger partial charge is 0.297 e. The number of phenolic OH excluding ortho intramolecular Hbond substituents is 1. The molecule has 3 aromatic rings. The first-order chi connectivity index (χ1) is 13.6. The normalized spacial score (nSPS) is 11.0. The minimum absolute atomic E-state index is 0.0261. The maximum Gasteiger partial charge on any atom is 0.297 e. The molecule has 2 aromatic carbocycles. The number of benzene rings is 2. The van der Waals surface area contributed by atoms with E-state index in [-0.39, 0.29) is 22.8 Å². The number of rotatable bonds is 9. The van der Waals surface area contributed by atoms with Crippen LogP contribution in [0.3, 0.4) is 0 Å². The molecule has 3 rings (SSSR count). The maximum atomic E-state index is 13.1. The molecule has 0 spiro atoms. The topological polar surface area (TPSA) is 71.7 Å². The van der Waals surface area contributed by atoms with Crippen molar-refractivity contribution in [1.82, 2.24) is 4.57 Å². The molecule has 5 nitrogen and oxygen atoms in total. The van der Waals surface area contributed by atoms with Gasteiger partial charge in [-0.2, -0.15) is 0 Å². The quantitative estimate of drug-likeness (QED) is 0.476. The van der Waals surface area contributed by atoms with Crippen LogP contribution in [0.1, 0.15) is 45.4 Å². The Morgan fingerprint density at radius 1 is 0.929 bits per heavy atom. The van der Waals surface area contributed by atoms with Gasteiger partial charge in [-0.15, -0.1) is 0 Å². The van der Waals surface area contributed by atoms with Crippen molar-refractivity contribution in [2.75, 3.05) is 0 Å². The van der Waals surface area contributed by atoms with E-state index in [4.69, 9.17) is 4.74 Å². The molecule has 0 radical (unpaired) electrons. The minimum Gasteiger partial charge on any atom is -0.508 e. The van der Waals surface area contributed by atoms with Gasteiger partial charge >= 0.3 is 0 Å². The number of phenols is 1. The van der Waals surface area contributed by atoms with E-state index >= 15 is 0 Å². The second-order valence-electron chi connectivity index (χ2n) is 7.02. The summed E-state index contributed by atoms with van der Waals surface area (Å²) in [5.74, 6) is 0.132. The van der Waals surface area contributed by atoms with Gasteiger partial charge in [0.25, 0.3) is 5.56 Å². The molecule has 0 atom stereocenters. The number of unbranched alkanes of at least 4 members (excludes halogenated alkanes) is 5. The zero-order valence-corrected chi connectivity index (χ0v) is 16.2. The summed E-state index contributed by atoms with van der Waals surface area (Å²) >= 11 is 0. The molecule has 0 aliphatic rings. The molecule has 0 saturated carbocycles. The highest BCUT2D eigenvalue weighted by Gasteiger charge is 2.18. The zero-order valence-electron chi connectivity index (χ0n) is 16.2. The summed E-state index contributed by atoms with van der Waals surface area (Å²) in [4.78, 5) is 13.1. The fourth-order valence-electron chi connectivity index (χ4n) is 3.38. The van der Waals surface area contributed by atoms with E-state index in [2.05, 4.69) is 6.92 Å². The Bertz CT molecular complexity index is 979. The lowest BCUT2D eigenvalue weighted by molar-refractivity contribution is 0.404. The Balaban J connectivity index is 1.95. The standard InChI is InChI=1S/C23H27NO4/c1-2-3-4-5-6-10-15-24-20-14-13-17(25)16-19(20)21(26)22(23(24)27)28-18-11-8-7-9-12-18/h7-9,11-14,16,25-26H,2-6,10,15H2,1H3. The molecule has 1 aromatic heterocycles. The van der Waals surface area contributed by atoms with Gasteiger partial charge in [0.05, 0.1) is 5.52 Å². The molecule has 0 aliphatic carbocycles. The number of fused-ring (bicyclic) bond motifs is 1. The van der Waals surface area contributed by atoms with Gasteiger partial charge in [-0.1, -0.05) is 57.2 Å². The third kappa shape index (κ3) is 4.47. The van der Waals surface area contributed by atoms with Crippen LogP contribution in [0.4, 0.5) is 0 Å². The number of nitrogens with zero attached hydrogens (tertiary/aromatic N) is 1. The van der Waals surface area contributed by atoms with Crippen molar-refractivity contribution in [1.29, 1.82) is 0 Å². The first-order valence-corrected chi connectivity index (χ1v) is 9.93. The lowest BCUT2D eigenvalue weighted by Crippen LogP contribution is -2.22. The summed E-state index contributed by atoms with van der Waals surface area (Å²) < 4.78 is 7.35. The van der Waals surface area contributed by atoms with E-state index in [1.165, 1.54) is 31.4 Å². The van der Waals surface area contributed by atoms with Crippen LogP contribution < -0.4 is 10.3 Å². The summed E-state index contributed by atoms with van der Waals surface area (Å²) in [6.07, 6.45) is 6.70. The molecule has 0 unspecified atom stereocenters. The molecule has 0 aliphatic heterocycles. The monoisotopic (exact) mass is 381 g/mol. The molecule has 0 saturated heterocycles. The van der Waals surface area contributed by atoms with Gasteiger partial charge in [0.2, 0.25) is 5.75 Å². The van der Waals surface area contributed by atoms with Crippen molar-refractivity contribution in [3.63, 3.8) is 0 Å². The summed E-state index contributed by atoms with van der Waals surface area (Å²) in [7, 11) is 0. The Hall–Kier alpha value is -2.95. The zero-order chi connectivity index (χ0) is 19.9. The third-order valence-electron chi connectivity index (χ3n) is 4.88. The van der Waals surface area contributed by atoms with Crippen molar-refractivity contribution in [3.05, 3.63) is 58.9 Å². The van der Waals surface area contributed by atoms with Gasteiger partial charge in [-0.3, -0.25) is 4.79 Å². The summed E-state index contributed by atoms with van der Waals surface area (Å²) in [5.41, 5.74) is 0.224. The molecule has 2 N–H and O–H groups in total. The van der Waals surface area contributed by atoms with Crippen molar-refractivity contribution in [2.24, 2.45) is 0 Å². The molecule has 0 fully saturated rings. The molecule has 28 heavy (non-hydrogen) atoms. The summed E-state index contributed by atoms with van der Waals surface area (Å²) in [6.45, 7) is 2.73. The highest BCUT2D eigenvalue weighted by molar-refractivity contribution is 5.88. The maximum absolute atomic E-state index is 13.1. The van der Waals surface area contributed by atoms with E-state index in [0.717, 1.165) is 19.3 Å². The minimum atomic E-state index is -0.367. The highest BCUT2D eigenvalue weighted by atomic mass is 16.5. The van der Waals surface area contributed by atoms with Crippen LogP contribution in [0.15, 0.2) is 53.3 Å². The van der Waals surface area contributed by atoms with E-state index in [9.17, 15) is 15.0 Å². The number of aryl methyl sites for hydroxylation is 1. The van der Waals surface area contributed by atoms with Crippen LogP contribution >= 0.6 is 0 Å². The molecule has 148 valence electrons. The number of hydrogen-bond acceptors (Lipinski definition) is 4. The average molecular weight is 381 g/mol. The van der Waals surface area contributed by atoms with Crippen molar-refractivity contribution >= 4 is 10.9 Å². The van der Waals surface area contributed by atoms with Crippen LogP contribution in [-0.4, -0.2) is 14.8 Å². The van der Waals surface area contributed by atoms with Crippen LogP contribution in [0.25, 0.3) is 10.9 Å². The second-order valence-corrected chi connectivity index (χ2v) is 7.02. The molecule has 5 heteroatoms. The first-order valence-electron chi connectivity index (χ1n) is 9.93. The van der Waals surface area contributed by atoms with Crippen LogP contribution in [0.2, 0.25) is 0 Å². The Labute approximate surface area is 164 Å². The van der Waals surface area contributed by atoms with Gasteiger partial charge in [-0.25, -0.2) is 0 Å². The lowest BCUT2D eigenvalue weighted by Gasteiger charge is -2.15. The largest absolute Gasteiger partial charge is 0.508 e. The van der Waals surface area contributed by atoms with Gasteiger partial charge in [0, 0.05) is 11.9 Å². The predicted molar refractivity (Wildman–Crippen MR) is 111 cm³/mol. The third-order valence-corrected chi connectivity index (χ3v) is 4.88. The molecule has 0 bridgehead atoms. The molecule has 0 amide bonds. The Kier molecular flexibility index (Phi) is 6.58. The fraction of sp³-hybridized carbons (Fsp3) is 0.348. The van der Waals surface area contributed by atoms with Crippen LogP contribution in [0.5, 0.6) is 23.0 Å². The predicted octanol–water partition coefficient (Wildman–Crippen LogP) is 5.57. The average Bonchev–Trinajstić information content (AvgIpc) is 2.71. The van der Waals surface area contributed by atoms with Crippen molar-refractivity contribution < 1.29 is 14.9 Å². The molecular formula is C23H27NO4. The van der Waals surface area contributed by atoms with Crippen molar-refractivity contribution in [2.45, 2.75) is 52.0 Å². The van der Waals surface area contributed by atoms with Gasteiger partial charge in [0.1, 0.15) is 11.5 Å². The summed E-state index contributed by atoms with van der Waals surface area (Å²) in [6, 6.07) is 13.5. The number of pyridine rings is 1. The fourth-order valence-corrected chi connectivity index (χ4v) is 3.38.